The zero-order chi connectivity index (χ0) is 27.8. The van der Waals surface area contributed by atoms with E-state index in [4.69, 9.17) is 17.2 Å². The summed E-state index contributed by atoms with van der Waals surface area (Å²) in [7, 11) is 0. The third kappa shape index (κ3) is 12.3. The molecule has 0 spiro atoms. The van der Waals surface area contributed by atoms with Crippen LogP contribution in [0.1, 0.15) is 44.1 Å². The van der Waals surface area contributed by atoms with Crippen molar-refractivity contribution < 1.29 is 29.4 Å². The number of carbonyl (C=O) groups is 4. The zero-order valence-electron chi connectivity index (χ0n) is 20.9. The molecule has 0 heterocycles. The summed E-state index contributed by atoms with van der Waals surface area (Å²) in [6.07, 6.45) is 3.07. The highest BCUT2D eigenvalue weighted by molar-refractivity contribution is 7.80. The van der Waals surface area contributed by atoms with E-state index in [9.17, 15) is 29.4 Å². The minimum Gasteiger partial charge on any atom is -0.508 e. The molecule has 1 aromatic rings. The molecule has 0 fully saturated rings. The van der Waals surface area contributed by atoms with E-state index in [2.05, 4.69) is 28.6 Å². The molecule has 0 saturated carbocycles. The van der Waals surface area contributed by atoms with Crippen LogP contribution in [0.25, 0.3) is 0 Å². The van der Waals surface area contributed by atoms with Crippen LogP contribution in [0.3, 0.4) is 0 Å². The van der Waals surface area contributed by atoms with Crippen molar-refractivity contribution in [2.45, 2.75) is 69.1 Å². The van der Waals surface area contributed by atoms with Crippen LogP contribution in [-0.2, 0) is 25.6 Å². The number of phenolic OH excluding ortho intramolecular Hbond substituents is 1. The van der Waals surface area contributed by atoms with Crippen molar-refractivity contribution in [3.8, 4) is 5.75 Å². The van der Waals surface area contributed by atoms with Crippen LogP contribution in [0.4, 0.5) is 0 Å². The maximum absolute atomic E-state index is 13.1. The van der Waals surface area contributed by atoms with E-state index in [1.54, 1.807) is 12.1 Å². The van der Waals surface area contributed by atoms with Gasteiger partial charge in [-0.05, 0) is 62.9 Å². The van der Waals surface area contributed by atoms with Crippen LogP contribution in [-0.4, -0.2) is 76.9 Å². The van der Waals surface area contributed by atoms with Gasteiger partial charge in [0.25, 0.3) is 0 Å². The number of rotatable bonds is 18. The second kappa shape index (κ2) is 17.6. The van der Waals surface area contributed by atoms with Gasteiger partial charge in [0.2, 0.25) is 17.7 Å². The van der Waals surface area contributed by atoms with Gasteiger partial charge >= 0.3 is 5.97 Å². The van der Waals surface area contributed by atoms with Crippen LogP contribution < -0.4 is 33.2 Å². The first kappa shape index (κ1) is 32.2. The van der Waals surface area contributed by atoms with Gasteiger partial charge in [0.1, 0.15) is 23.9 Å². The lowest BCUT2D eigenvalue weighted by molar-refractivity contribution is -0.142. The number of carboxylic acid groups (broad SMARTS) is 1. The molecular formula is C24H40N6O6S. The molecule has 208 valence electrons. The maximum Gasteiger partial charge on any atom is 0.326 e. The molecule has 1 aromatic carbocycles. The van der Waals surface area contributed by atoms with Crippen molar-refractivity contribution >= 4 is 36.3 Å². The summed E-state index contributed by atoms with van der Waals surface area (Å²) >= 11 is 4.15. The second-order valence-corrected chi connectivity index (χ2v) is 9.12. The highest BCUT2D eigenvalue weighted by Crippen LogP contribution is 2.12. The summed E-state index contributed by atoms with van der Waals surface area (Å²) in [5, 5.41) is 26.7. The van der Waals surface area contributed by atoms with E-state index < -0.39 is 47.9 Å². The van der Waals surface area contributed by atoms with Crippen molar-refractivity contribution in [2.24, 2.45) is 17.2 Å². The number of carbonyl (C=O) groups excluding carboxylic acids is 3. The van der Waals surface area contributed by atoms with E-state index in [0.717, 1.165) is 6.42 Å². The van der Waals surface area contributed by atoms with Gasteiger partial charge in [0.15, 0.2) is 0 Å². The first-order chi connectivity index (χ1) is 17.6. The Hall–Kier alpha value is -2.87. The molecule has 0 aliphatic rings. The molecule has 0 aliphatic heterocycles. The van der Waals surface area contributed by atoms with Gasteiger partial charge in [0, 0.05) is 12.2 Å². The number of benzene rings is 1. The van der Waals surface area contributed by atoms with Crippen molar-refractivity contribution in [2.75, 3.05) is 18.8 Å². The molecule has 13 heteroatoms. The Labute approximate surface area is 222 Å². The molecule has 0 aromatic heterocycles. The van der Waals surface area contributed by atoms with Gasteiger partial charge in [-0.25, -0.2) is 4.79 Å². The number of carboxylic acids is 1. The van der Waals surface area contributed by atoms with E-state index in [-0.39, 0.29) is 24.3 Å². The number of aliphatic carboxylic acids is 1. The molecule has 0 radical (unpaired) electrons. The van der Waals surface area contributed by atoms with Gasteiger partial charge in [0.05, 0.1) is 6.04 Å². The van der Waals surface area contributed by atoms with Crippen LogP contribution in [0, 0.1) is 0 Å². The molecule has 1 rings (SSSR count). The fourth-order valence-electron chi connectivity index (χ4n) is 3.48. The minimum atomic E-state index is -1.20. The highest BCUT2D eigenvalue weighted by Gasteiger charge is 2.30. The predicted octanol–water partition coefficient (Wildman–Crippen LogP) is -1.01. The Kier molecular flexibility index (Phi) is 15.3. The summed E-state index contributed by atoms with van der Waals surface area (Å²) in [4.78, 5) is 50.2. The maximum atomic E-state index is 13.1. The molecule has 11 N–H and O–H groups in total. The minimum absolute atomic E-state index is 0.0127. The summed E-state index contributed by atoms with van der Waals surface area (Å²) in [6, 6.07) is 1.79. The van der Waals surface area contributed by atoms with E-state index in [1.165, 1.54) is 12.1 Å². The Bertz CT molecular complexity index is 872. The zero-order valence-corrected chi connectivity index (χ0v) is 21.8. The lowest BCUT2D eigenvalue weighted by Gasteiger charge is -2.25. The molecule has 37 heavy (non-hydrogen) atoms. The van der Waals surface area contributed by atoms with Crippen molar-refractivity contribution in [3.63, 3.8) is 0 Å². The molecule has 4 atom stereocenters. The summed E-state index contributed by atoms with van der Waals surface area (Å²) in [5.41, 5.74) is 17.4. The Morgan fingerprint density at radius 1 is 0.784 bits per heavy atom. The molecular weight excluding hydrogens is 500 g/mol. The van der Waals surface area contributed by atoms with Gasteiger partial charge in [-0.1, -0.05) is 18.6 Å². The Morgan fingerprint density at radius 2 is 1.30 bits per heavy atom. The lowest BCUT2D eigenvalue weighted by atomic mass is 10.0. The molecule has 12 nitrogen and oxygen atoms in total. The average Bonchev–Trinajstić information content (AvgIpc) is 2.87. The van der Waals surface area contributed by atoms with Gasteiger partial charge in [-0.3, -0.25) is 14.4 Å². The Morgan fingerprint density at radius 3 is 1.84 bits per heavy atom. The fraction of sp³-hybridized carbons (Fsp3) is 0.583. The van der Waals surface area contributed by atoms with Crippen LogP contribution in [0.2, 0.25) is 0 Å². The van der Waals surface area contributed by atoms with Crippen LogP contribution in [0.15, 0.2) is 24.3 Å². The lowest BCUT2D eigenvalue weighted by Crippen LogP contribution is -2.58. The standard InChI is InChI=1S/C24H40N6O6S/c25-11-3-1-5-17(27)21(32)30-20(14-37)23(34)29-19(13-15-7-9-16(31)10-8-15)22(33)28-18(24(35)36)6-2-4-12-26/h7-10,17-20,31,37H,1-6,11-14,25-27H2,(H,28,33)(H,29,34)(H,30,32)(H,35,36). The van der Waals surface area contributed by atoms with E-state index >= 15 is 0 Å². The third-order valence-electron chi connectivity index (χ3n) is 5.69. The normalized spacial score (nSPS) is 14.2. The van der Waals surface area contributed by atoms with Gasteiger partial charge < -0.3 is 43.4 Å². The number of nitrogens with one attached hydrogen (secondary N) is 3. The number of amides is 3. The summed E-state index contributed by atoms with van der Waals surface area (Å²) < 4.78 is 0. The van der Waals surface area contributed by atoms with E-state index in [0.29, 0.717) is 44.3 Å². The molecule has 3 amide bonds. The van der Waals surface area contributed by atoms with Crippen molar-refractivity contribution in [3.05, 3.63) is 29.8 Å². The quantitative estimate of drug-likeness (QED) is 0.0820. The smallest absolute Gasteiger partial charge is 0.326 e. The third-order valence-corrected chi connectivity index (χ3v) is 6.06. The molecule has 4 unspecified atom stereocenters. The highest BCUT2D eigenvalue weighted by atomic mass is 32.1. The fourth-order valence-corrected chi connectivity index (χ4v) is 3.74. The number of phenols is 1. The second-order valence-electron chi connectivity index (χ2n) is 8.75. The number of nitrogens with two attached hydrogens (primary N) is 3. The number of unbranched alkanes of at least 4 members (excludes halogenated alkanes) is 2. The van der Waals surface area contributed by atoms with Crippen LogP contribution in [0.5, 0.6) is 5.75 Å². The Balaban J connectivity index is 2.97. The number of aromatic hydroxyl groups is 1. The number of thiol groups is 1. The SMILES string of the molecule is NCCCCC(N)C(=O)NC(CS)C(=O)NC(Cc1ccc(O)cc1)C(=O)NC(CCCCN)C(=O)O. The first-order valence-corrected chi connectivity index (χ1v) is 12.9. The van der Waals surface area contributed by atoms with E-state index in [1.807, 2.05) is 0 Å². The number of hydrogen-bond donors (Lipinski definition) is 9. The van der Waals surface area contributed by atoms with Gasteiger partial charge in [-0.2, -0.15) is 12.6 Å². The van der Waals surface area contributed by atoms with Crippen molar-refractivity contribution in [1.29, 1.82) is 0 Å². The average molecular weight is 541 g/mol. The summed E-state index contributed by atoms with van der Waals surface area (Å²) in [6.45, 7) is 0.879. The van der Waals surface area contributed by atoms with Crippen LogP contribution >= 0.6 is 12.6 Å². The summed E-state index contributed by atoms with van der Waals surface area (Å²) in [5.74, 6) is -3.14. The molecule has 0 saturated heterocycles. The molecule has 0 aliphatic carbocycles. The largest absolute Gasteiger partial charge is 0.508 e. The first-order valence-electron chi connectivity index (χ1n) is 12.3. The molecule has 0 bridgehead atoms. The predicted molar refractivity (Wildman–Crippen MR) is 143 cm³/mol. The topological polar surface area (TPSA) is 223 Å². The number of hydrogen-bond acceptors (Lipinski definition) is 9. The van der Waals surface area contributed by atoms with Crippen molar-refractivity contribution in [1.82, 2.24) is 16.0 Å². The van der Waals surface area contributed by atoms with Gasteiger partial charge in [-0.15, -0.1) is 0 Å². The monoisotopic (exact) mass is 540 g/mol.